The Kier molecular flexibility index (Phi) is 3.42. The molecule has 0 aliphatic heterocycles. The molecular formula is C14H15N5OS. The number of nitrogens with zero attached hydrogens (tertiary/aromatic N) is 3. The second-order valence-electron chi connectivity index (χ2n) is 4.87. The van der Waals surface area contributed by atoms with Crippen molar-refractivity contribution >= 4 is 27.4 Å². The lowest BCUT2D eigenvalue weighted by Gasteiger charge is -2.07. The van der Waals surface area contributed by atoms with Crippen LogP contribution in [0.4, 0.5) is 5.82 Å². The third-order valence-corrected chi connectivity index (χ3v) is 4.42. The van der Waals surface area contributed by atoms with Crippen molar-refractivity contribution in [1.82, 2.24) is 19.9 Å². The van der Waals surface area contributed by atoms with Gasteiger partial charge in [-0.25, -0.2) is 15.0 Å². The smallest absolute Gasteiger partial charge is 0.251 e. The number of aryl methyl sites for hydroxylation is 3. The number of aromatic nitrogens is 4. The monoisotopic (exact) mass is 301 g/mol. The first kappa shape index (κ1) is 13.7. The number of hydrogen-bond acceptors (Lipinski definition) is 6. The fourth-order valence-electron chi connectivity index (χ4n) is 2.21. The van der Waals surface area contributed by atoms with Crippen molar-refractivity contribution in [1.29, 1.82) is 0 Å². The fourth-order valence-corrected chi connectivity index (χ4v) is 3.21. The van der Waals surface area contributed by atoms with Gasteiger partial charge in [0, 0.05) is 16.6 Å². The molecule has 6 nitrogen and oxygen atoms in total. The van der Waals surface area contributed by atoms with Crippen LogP contribution in [-0.4, -0.2) is 19.9 Å². The van der Waals surface area contributed by atoms with E-state index in [9.17, 15) is 4.79 Å². The fraction of sp³-hybridized carbons (Fsp3) is 0.286. The Morgan fingerprint density at radius 3 is 2.86 bits per heavy atom. The molecule has 0 unspecified atom stereocenters. The van der Waals surface area contributed by atoms with Gasteiger partial charge in [-0.2, -0.15) is 0 Å². The molecule has 108 valence electrons. The van der Waals surface area contributed by atoms with Crippen LogP contribution in [0.25, 0.3) is 10.2 Å². The first-order valence-corrected chi connectivity index (χ1v) is 7.37. The molecule has 0 amide bonds. The molecule has 3 rings (SSSR count). The average molecular weight is 301 g/mol. The SMILES string of the molecule is Cc1cc(=O)[nH]c(CNc2ncnc3sc(C)c(C)c23)n1. The summed E-state index contributed by atoms with van der Waals surface area (Å²) in [6.07, 6.45) is 1.55. The number of hydrogen-bond donors (Lipinski definition) is 2. The predicted molar refractivity (Wildman–Crippen MR) is 83.8 cm³/mol. The lowest BCUT2D eigenvalue weighted by atomic mass is 10.2. The zero-order valence-corrected chi connectivity index (χ0v) is 12.8. The Morgan fingerprint density at radius 2 is 2.10 bits per heavy atom. The second kappa shape index (κ2) is 5.25. The Labute approximate surface area is 125 Å². The van der Waals surface area contributed by atoms with Gasteiger partial charge in [0.1, 0.15) is 22.8 Å². The summed E-state index contributed by atoms with van der Waals surface area (Å²) in [7, 11) is 0. The summed E-state index contributed by atoms with van der Waals surface area (Å²) < 4.78 is 0. The Bertz CT molecular complexity index is 867. The maximum absolute atomic E-state index is 11.4. The van der Waals surface area contributed by atoms with E-state index in [0.717, 1.165) is 16.0 Å². The summed E-state index contributed by atoms with van der Waals surface area (Å²) in [6, 6.07) is 1.47. The van der Waals surface area contributed by atoms with Crippen LogP contribution in [0.1, 0.15) is 22.0 Å². The first-order chi connectivity index (χ1) is 10.0. The summed E-state index contributed by atoms with van der Waals surface area (Å²) in [4.78, 5) is 29.3. The van der Waals surface area contributed by atoms with Crippen LogP contribution in [0, 0.1) is 20.8 Å². The highest BCUT2D eigenvalue weighted by molar-refractivity contribution is 7.18. The molecule has 21 heavy (non-hydrogen) atoms. The van der Waals surface area contributed by atoms with E-state index in [1.807, 2.05) is 0 Å². The predicted octanol–water partition coefficient (Wildman–Crippen LogP) is 2.31. The zero-order valence-electron chi connectivity index (χ0n) is 12.0. The van der Waals surface area contributed by atoms with E-state index in [-0.39, 0.29) is 5.56 Å². The maximum Gasteiger partial charge on any atom is 0.251 e. The van der Waals surface area contributed by atoms with Gasteiger partial charge in [0.25, 0.3) is 5.56 Å². The van der Waals surface area contributed by atoms with E-state index in [0.29, 0.717) is 18.1 Å². The zero-order chi connectivity index (χ0) is 15.0. The maximum atomic E-state index is 11.4. The number of H-pyrrole nitrogens is 1. The van der Waals surface area contributed by atoms with E-state index in [1.165, 1.54) is 16.5 Å². The average Bonchev–Trinajstić information content (AvgIpc) is 2.71. The molecule has 0 saturated carbocycles. The van der Waals surface area contributed by atoms with Gasteiger partial charge in [-0.3, -0.25) is 4.79 Å². The van der Waals surface area contributed by atoms with Crippen molar-refractivity contribution in [2.75, 3.05) is 5.32 Å². The molecule has 7 heteroatoms. The lowest BCUT2D eigenvalue weighted by molar-refractivity contribution is 0.902. The lowest BCUT2D eigenvalue weighted by Crippen LogP contribution is -2.14. The van der Waals surface area contributed by atoms with Crippen LogP contribution in [-0.2, 0) is 6.54 Å². The highest BCUT2D eigenvalue weighted by Gasteiger charge is 2.11. The van der Waals surface area contributed by atoms with Gasteiger partial charge in [0.15, 0.2) is 0 Å². The molecule has 0 radical (unpaired) electrons. The van der Waals surface area contributed by atoms with Crippen LogP contribution >= 0.6 is 11.3 Å². The van der Waals surface area contributed by atoms with Gasteiger partial charge >= 0.3 is 0 Å². The minimum absolute atomic E-state index is 0.144. The quantitative estimate of drug-likeness (QED) is 0.775. The van der Waals surface area contributed by atoms with Gasteiger partial charge < -0.3 is 10.3 Å². The summed E-state index contributed by atoms with van der Waals surface area (Å²) >= 11 is 1.65. The van der Waals surface area contributed by atoms with Crippen molar-refractivity contribution in [2.45, 2.75) is 27.3 Å². The summed E-state index contributed by atoms with van der Waals surface area (Å²) in [5.41, 5.74) is 1.74. The minimum Gasteiger partial charge on any atom is -0.362 e. The van der Waals surface area contributed by atoms with Crippen LogP contribution < -0.4 is 10.9 Å². The third-order valence-electron chi connectivity index (χ3n) is 3.31. The van der Waals surface area contributed by atoms with Crippen LogP contribution in [0.2, 0.25) is 0 Å². The van der Waals surface area contributed by atoms with Gasteiger partial charge in [-0.05, 0) is 26.3 Å². The van der Waals surface area contributed by atoms with Gasteiger partial charge in [-0.1, -0.05) is 0 Å². The molecular weight excluding hydrogens is 286 g/mol. The molecule has 0 bridgehead atoms. The van der Waals surface area contributed by atoms with E-state index in [2.05, 4.69) is 39.1 Å². The molecule has 2 N–H and O–H groups in total. The molecule has 0 fully saturated rings. The number of fused-ring (bicyclic) bond motifs is 1. The number of anilines is 1. The molecule has 0 aliphatic carbocycles. The van der Waals surface area contributed by atoms with Gasteiger partial charge in [0.2, 0.25) is 0 Å². The van der Waals surface area contributed by atoms with Crippen molar-refractivity contribution < 1.29 is 0 Å². The van der Waals surface area contributed by atoms with Crippen molar-refractivity contribution in [3.05, 3.63) is 44.7 Å². The molecule has 3 aromatic heterocycles. The summed E-state index contributed by atoms with van der Waals surface area (Å²) in [5, 5.41) is 4.27. The molecule has 0 saturated heterocycles. The van der Waals surface area contributed by atoms with Gasteiger partial charge in [-0.15, -0.1) is 11.3 Å². The normalized spacial score (nSPS) is 11.0. The van der Waals surface area contributed by atoms with E-state index >= 15 is 0 Å². The van der Waals surface area contributed by atoms with Crippen molar-refractivity contribution in [2.24, 2.45) is 0 Å². The van der Waals surface area contributed by atoms with E-state index < -0.39 is 0 Å². The molecule has 0 atom stereocenters. The number of nitrogens with one attached hydrogen (secondary N) is 2. The van der Waals surface area contributed by atoms with Crippen molar-refractivity contribution in [3.63, 3.8) is 0 Å². The number of rotatable bonds is 3. The van der Waals surface area contributed by atoms with Crippen LogP contribution in [0.15, 0.2) is 17.2 Å². The highest BCUT2D eigenvalue weighted by atomic mass is 32.1. The van der Waals surface area contributed by atoms with Crippen molar-refractivity contribution in [3.8, 4) is 0 Å². The molecule has 0 aliphatic rings. The molecule has 3 heterocycles. The van der Waals surface area contributed by atoms with E-state index in [1.54, 1.807) is 24.6 Å². The Balaban J connectivity index is 1.93. The molecule has 3 aromatic rings. The van der Waals surface area contributed by atoms with Gasteiger partial charge in [0.05, 0.1) is 11.9 Å². The summed E-state index contributed by atoms with van der Waals surface area (Å²) in [5.74, 6) is 1.36. The molecule has 0 spiro atoms. The van der Waals surface area contributed by atoms with E-state index in [4.69, 9.17) is 0 Å². The van der Waals surface area contributed by atoms with Crippen LogP contribution in [0.3, 0.4) is 0 Å². The third kappa shape index (κ3) is 2.64. The van der Waals surface area contributed by atoms with Crippen LogP contribution in [0.5, 0.6) is 0 Å². The highest BCUT2D eigenvalue weighted by Crippen LogP contribution is 2.32. The Morgan fingerprint density at radius 1 is 1.29 bits per heavy atom. The topological polar surface area (TPSA) is 83.6 Å². The summed E-state index contributed by atoms with van der Waals surface area (Å²) in [6.45, 7) is 6.35. The second-order valence-corrected chi connectivity index (χ2v) is 6.08. The standard InChI is InChI=1S/C14H15N5OS/c1-7-4-11(20)19-10(18-7)5-15-13-12-8(2)9(3)21-14(12)17-6-16-13/h4,6H,5H2,1-3H3,(H,15,16,17)(H,18,19,20). The minimum atomic E-state index is -0.144. The molecule has 0 aromatic carbocycles. The number of aromatic amines is 1. The number of thiophene rings is 1. The Hall–Kier alpha value is -2.28. The largest absolute Gasteiger partial charge is 0.362 e. The first-order valence-electron chi connectivity index (χ1n) is 6.56.